The highest BCUT2D eigenvalue weighted by Crippen LogP contribution is 2.35. The van der Waals surface area contributed by atoms with E-state index >= 15 is 0 Å². The number of piperazine rings is 1. The van der Waals surface area contributed by atoms with E-state index in [1.165, 1.54) is 49.3 Å². The summed E-state index contributed by atoms with van der Waals surface area (Å²) in [6.07, 6.45) is 3.75. The number of hydrogen-bond acceptors (Lipinski definition) is 4. The van der Waals surface area contributed by atoms with Crippen LogP contribution in [0.25, 0.3) is 11.1 Å². The third kappa shape index (κ3) is 7.04. The summed E-state index contributed by atoms with van der Waals surface area (Å²) >= 11 is 0. The minimum Gasteiger partial charge on any atom is -0.508 e. The second-order valence-corrected chi connectivity index (χ2v) is 9.54. The first-order valence-corrected chi connectivity index (χ1v) is 12.8. The lowest BCUT2D eigenvalue weighted by atomic mass is 9.87. The average Bonchev–Trinajstić information content (AvgIpc) is 2.90. The lowest BCUT2D eigenvalue weighted by Gasteiger charge is -2.32. The summed E-state index contributed by atoms with van der Waals surface area (Å²) < 4.78 is 0. The Labute approximate surface area is 210 Å². The van der Waals surface area contributed by atoms with Gasteiger partial charge in [0.25, 0.3) is 0 Å². The van der Waals surface area contributed by atoms with Crippen molar-refractivity contribution >= 4 is 11.1 Å². The van der Waals surface area contributed by atoms with Gasteiger partial charge < -0.3 is 20.0 Å². The predicted molar refractivity (Wildman–Crippen MR) is 145 cm³/mol. The molecule has 0 radical (unpaired) electrons. The second kappa shape index (κ2) is 12.7. The van der Waals surface area contributed by atoms with E-state index in [2.05, 4.69) is 65.4 Å². The van der Waals surface area contributed by atoms with Crippen molar-refractivity contribution in [1.29, 1.82) is 0 Å². The number of likely N-dealkylation sites (N-methyl/N-ethyl adjacent to an activating group) is 1. The van der Waals surface area contributed by atoms with E-state index in [-0.39, 0.29) is 12.4 Å². The highest BCUT2D eigenvalue weighted by molar-refractivity contribution is 5.98. The lowest BCUT2D eigenvalue weighted by molar-refractivity contribution is 0.153. The molecule has 0 aliphatic carbocycles. The highest BCUT2D eigenvalue weighted by Gasteiger charge is 2.15. The molecule has 2 N–H and O–H groups in total. The molecule has 1 fully saturated rings. The van der Waals surface area contributed by atoms with Gasteiger partial charge in [0.05, 0.1) is 0 Å². The molecule has 1 aliphatic rings. The molecule has 4 heteroatoms. The summed E-state index contributed by atoms with van der Waals surface area (Å²) in [4.78, 5) is 4.98. The summed E-state index contributed by atoms with van der Waals surface area (Å²) in [5, 5.41) is 19.5. The van der Waals surface area contributed by atoms with Gasteiger partial charge in [0, 0.05) is 32.8 Å². The zero-order valence-electron chi connectivity index (χ0n) is 20.9. The molecular formula is C31H38N2O2. The number of aliphatic hydroxyl groups excluding tert-OH is 1. The quantitative estimate of drug-likeness (QED) is 0.395. The van der Waals surface area contributed by atoms with Gasteiger partial charge in [0.2, 0.25) is 0 Å². The van der Waals surface area contributed by atoms with Gasteiger partial charge in [-0.2, -0.15) is 0 Å². The standard InChI is InChI=1S/C31H38N2O2/c1-32-20-22-33(23-21-32)19-5-7-25-11-13-27(14-12-25)31(28-15-17-29(35)18-16-28)30(10-6-24-34)26-8-3-2-4-9-26/h2-4,8-9,11-18,34-35H,5-7,10,19-24H2,1H3/b31-30+. The Balaban J connectivity index is 1.58. The third-order valence-electron chi connectivity index (χ3n) is 6.94. The molecule has 3 aromatic carbocycles. The Hall–Kier alpha value is -2.92. The maximum Gasteiger partial charge on any atom is 0.115 e. The Kier molecular flexibility index (Phi) is 9.13. The molecule has 0 amide bonds. The van der Waals surface area contributed by atoms with E-state index in [9.17, 15) is 10.2 Å². The molecule has 35 heavy (non-hydrogen) atoms. The smallest absolute Gasteiger partial charge is 0.115 e. The first kappa shape index (κ1) is 25.2. The monoisotopic (exact) mass is 470 g/mol. The van der Waals surface area contributed by atoms with Crippen LogP contribution in [-0.4, -0.2) is 66.4 Å². The van der Waals surface area contributed by atoms with Crippen molar-refractivity contribution < 1.29 is 10.2 Å². The van der Waals surface area contributed by atoms with Crippen LogP contribution in [0.5, 0.6) is 5.75 Å². The van der Waals surface area contributed by atoms with Gasteiger partial charge in [-0.25, -0.2) is 0 Å². The van der Waals surface area contributed by atoms with Crippen molar-refractivity contribution in [2.75, 3.05) is 46.4 Å². The van der Waals surface area contributed by atoms with Crippen molar-refractivity contribution in [2.45, 2.75) is 25.7 Å². The summed E-state index contributed by atoms with van der Waals surface area (Å²) in [7, 11) is 2.20. The molecule has 0 atom stereocenters. The third-order valence-corrected chi connectivity index (χ3v) is 6.94. The van der Waals surface area contributed by atoms with E-state index in [0.29, 0.717) is 6.42 Å². The Morgan fingerprint density at radius 2 is 1.37 bits per heavy atom. The minimum atomic E-state index is 0.158. The van der Waals surface area contributed by atoms with Crippen molar-refractivity contribution in [3.63, 3.8) is 0 Å². The number of benzene rings is 3. The molecule has 3 aromatic rings. The molecule has 0 spiro atoms. The van der Waals surface area contributed by atoms with Crippen molar-refractivity contribution in [3.05, 3.63) is 101 Å². The first-order chi connectivity index (χ1) is 17.1. The van der Waals surface area contributed by atoms with Gasteiger partial charge in [-0.15, -0.1) is 0 Å². The van der Waals surface area contributed by atoms with Crippen LogP contribution in [0.2, 0.25) is 0 Å². The van der Waals surface area contributed by atoms with Crippen molar-refractivity contribution in [3.8, 4) is 5.75 Å². The zero-order chi connectivity index (χ0) is 24.5. The molecular weight excluding hydrogens is 432 g/mol. The van der Waals surface area contributed by atoms with Gasteiger partial charge in [-0.05, 0) is 84.8 Å². The zero-order valence-corrected chi connectivity index (χ0v) is 20.9. The van der Waals surface area contributed by atoms with Crippen molar-refractivity contribution in [1.82, 2.24) is 9.80 Å². The SMILES string of the molecule is CN1CCN(CCCc2ccc(/C(=C(/CCCO)c3ccccc3)c3ccc(O)cc3)cc2)CC1. The number of rotatable bonds is 10. The van der Waals surface area contributed by atoms with Crippen molar-refractivity contribution in [2.24, 2.45) is 0 Å². The fourth-order valence-electron chi connectivity index (χ4n) is 4.87. The van der Waals surface area contributed by atoms with Gasteiger partial charge in [-0.3, -0.25) is 0 Å². The Morgan fingerprint density at radius 1 is 0.743 bits per heavy atom. The van der Waals surface area contributed by atoms with E-state index in [4.69, 9.17) is 0 Å². The first-order valence-electron chi connectivity index (χ1n) is 12.8. The topological polar surface area (TPSA) is 46.9 Å². The van der Waals surface area contributed by atoms with Gasteiger partial charge >= 0.3 is 0 Å². The highest BCUT2D eigenvalue weighted by atomic mass is 16.3. The van der Waals surface area contributed by atoms with E-state index in [1.807, 2.05) is 18.2 Å². The molecule has 0 bridgehead atoms. The van der Waals surface area contributed by atoms with Crippen LogP contribution in [0.1, 0.15) is 41.5 Å². The largest absolute Gasteiger partial charge is 0.508 e. The Morgan fingerprint density at radius 3 is 2.00 bits per heavy atom. The van der Waals surface area contributed by atoms with Crippen LogP contribution in [0, 0.1) is 0 Å². The summed E-state index contributed by atoms with van der Waals surface area (Å²) in [6, 6.07) is 26.9. The molecule has 1 aliphatic heterocycles. The van der Waals surface area contributed by atoms with Gasteiger partial charge in [0.15, 0.2) is 0 Å². The molecule has 1 heterocycles. The maximum atomic E-state index is 9.88. The maximum absolute atomic E-state index is 9.88. The number of aromatic hydroxyl groups is 1. The molecule has 0 saturated carbocycles. The number of allylic oxidation sites excluding steroid dienone is 1. The van der Waals surface area contributed by atoms with E-state index < -0.39 is 0 Å². The normalized spacial score (nSPS) is 15.7. The fraction of sp³-hybridized carbons (Fsp3) is 0.355. The number of aryl methyl sites for hydroxylation is 1. The summed E-state index contributed by atoms with van der Waals surface area (Å²) in [6.45, 7) is 6.00. The molecule has 4 rings (SSSR count). The van der Waals surface area contributed by atoms with Crippen LogP contribution >= 0.6 is 0 Å². The number of phenols is 1. The van der Waals surface area contributed by atoms with Crippen LogP contribution < -0.4 is 0 Å². The van der Waals surface area contributed by atoms with Crippen LogP contribution in [0.3, 0.4) is 0 Å². The number of hydrogen-bond donors (Lipinski definition) is 2. The summed E-state index contributed by atoms with van der Waals surface area (Å²) in [5.74, 6) is 0.264. The van der Waals surface area contributed by atoms with Gasteiger partial charge in [0.1, 0.15) is 5.75 Å². The van der Waals surface area contributed by atoms with E-state index in [1.54, 1.807) is 12.1 Å². The lowest BCUT2D eigenvalue weighted by Crippen LogP contribution is -2.44. The van der Waals surface area contributed by atoms with Gasteiger partial charge in [-0.1, -0.05) is 66.7 Å². The number of nitrogens with zero attached hydrogens (tertiary/aromatic N) is 2. The molecule has 0 unspecified atom stereocenters. The Bertz CT molecular complexity index is 1070. The second-order valence-electron chi connectivity index (χ2n) is 9.54. The molecule has 4 nitrogen and oxygen atoms in total. The van der Waals surface area contributed by atoms with E-state index in [0.717, 1.165) is 36.1 Å². The van der Waals surface area contributed by atoms with Crippen LogP contribution in [0.15, 0.2) is 78.9 Å². The molecule has 0 aromatic heterocycles. The predicted octanol–water partition coefficient (Wildman–Crippen LogP) is 5.30. The minimum absolute atomic E-state index is 0.158. The van der Waals surface area contributed by atoms with Crippen LogP contribution in [0.4, 0.5) is 0 Å². The van der Waals surface area contributed by atoms with Crippen LogP contribution in [-0.2, 0) is 6.42 Å². The number of phenolic OH excluding ortho intramolecular Hbond substituents is 1. The fourth-order valence-corrected chi connectivity index (χ4v) is 4.87. The average molecular weight is 471 g/mol. The number of aliphatic hydroxyl groups is 1. The molecule has 184 valence electrons. The molecule has 1 saturated heterocycles. The summed E-state index contributed by atoms with van der Waals surface area (Å²) in [5.41, 5.74) is 7.14.